The van der Waals surface area contributed by atoms with Gasteiger partial charge in [-0.25, -0.2) is 0 Å². The molecule has 3 aromatic rings. The number of methoxy groups -OCH3 is 1. The lowest BCUT2D eigenvalue weighted by Crippen LogP contribution is -2.32. The number of hydrogen-bond donors (Lipinski definition) is 1. The molecule has 1 aromatic heterocycles. The molecule has 1 N–H and O–H groups in total. The molecule has 1 heterocycles. The van der Waals surface area contributed by atoms with Crippen LogP contribution in [0.25, 0.3) is 0 Å². The first-order valence-corrected chi connectivity index (χ1v) is 9.75. The summed E-state index contributed by atoms with van der Waals surface area (Å²) in [6.07, 6.45) is 0. The first-order valence-electron chi connectivity index (χ1n) is 8.87. The third-order valence-electron chi connectivity index (χ3n) is 4.25. The molecule has 27 heavy (non-hydrogen) atoms. The second-order valence-electron chi connectivity index (χ2n) is 6.45. The topological polar surface area (TPSA) is 41.6 Å². The van der Waals surface area contributed by atoms with Crippen molar-refractivity contribution in [2.75, 3.05) is 19.0 Å². The molecule has 4 nitrogen and oxygen atoms in total. The second kappa shape index (κ2) is 9.35. The zero-order valence-electron chi connectivity index (χ0n) is 15.6. The molecular weight excluding hydrogens is 356 g/mol. The Morgan fingerprint density at radius 2 is 1.81 bits per heavy atom. The quantitative estimate of drug-likeness (QED) is 0.615. The van der Waals surface area contributed by atoms with Crippen LogP contribution in [0.2, 0.25) is 0 Å². The zero-order chi connectivity index (χ0) is 19.1. The van der Waals surface area contributed by atoms with Crippen molar-refractivity contribution < 1.29 is 9.53 Å². The van der Waals surface area contributed by atoms with E-state index in [0.717, 1.165) is 23.5 Å². The van der Waals surface area contributed by atoms with Crippen LogP contribution in [-0.4, -0.2) is 24.5 Å². The van der Waals surface area contributed by atoms with E-state index in [9.17, 15) is 4.79 Å². The predicted octanol–water partition coefficient (Wildman–Crippen LogP) is 4.71. The highest BCUT2D eigenvalue weighted by atomic mass is 32.1. The summed E-state index contributed by atoms with van der Waals surface area (Å²) in [6, 6.07) is 19.9. The molecule has 0 saturated carbocycles. The molecule has 1 amide bonds. The molecule has 140 valence electrons. The first-order chi connectivity index (χ1) is 13.1. The zero-order valence-corrected chi connectivity index (χ0v) is 16.5. The standard InChI is InChI=1S/C22H24N2O2S/c1-17-9-11-19(12-10-17)23-22(25)16-24(15-20-7-5-13-27-20)14-18-6-3-4-8-21(18)26-2/h3-13H,14-16H2,1-2H3,(H,23,25). The number of benzene rings is 2. The predicted molar refractivity (Wildman–Crippen MR) is 111 cm³/mol. The Bertz CT molecular complexity index is 860. The largest absolute Gasteiger partial charge is 0.496 e. The fourth-order valence-electron chi connectivity index (χ4n) is 2.91. The first kappa shape index (κ1) is 19.1. The average molecular weight is 381 g/mol. The van der Waals surface area contributed by atoms with E-state index in [2.05, 4.69) is 21.7 Å². The lowest BCUT2D eigenvalue weighted by atomic mass is 10.2. The van der Waals surface area contributed by atoms with Gasteiger partial charge >= 0.3 is 0 Å². The van der Waals surface area contributed by atoms with Crippen molar-refractivity contribution in [3.05, 3.63) is 82.0 Å². The minimum Gasteiger partial charge on any atom is -0.496 e. The Kier molecular flexibility index (Phi) is 6.63. The van der Waals surface area contributed by atoms with Gasteiger partial charge in [-0.1, -0.05) is 42.0 Å². The van der Waals surface area contributed by atoms with Crippen LogP contribution in [0.4, 0.5) is 5.69 Å². The van der Waals surface area contributed by atoms with Crippen LogP contribution in [0.5, 0.6) is 5.75 Å². The number of aryl methyl sites for hydroxylation is 1. The number of para-hydroxylation sites is 1. The number of nitrogens with zero attached hydrogens (tertiary/aromatic N) is 1. The minimum atomic E-state index is -0.0229. The van der Waals surface area contributed by atoms with Crippen molar-refractivity contribution in [1.82, 2.24) is 4.90 Å². The summed E-state index contributed by atoms with van der Waals surface area (Å²) < 4.78 is 5.47. The maximum atomic E-state index is 12.6. The number of hydrogen-bond acceptors (Lipinski definition) is 4. The van der Waals surface area contributed by atoms with Crippen LogP contribution in [-0.2, 0) is 17.9 Å². The van der Waals surface area contributed by atoms with Gasteiger partial charge in [-0.2, -0.15) is 0 Å². The Hall–Kier alpha value is -2.63. The van der Waals surface area contributed by atoms with Gasteiger partial charge in [-0.3, -0.25) is 9.69 Å². The number of thiophene rings is 1. The number of amides is 1. The van der Waals surface area contributed by atoms with E-state index < -0.39 is 0 Å². The number of nitrogens with one attached hydrogen (secondary N) is 1. The van der Waals surface area contributed by atoms with Crippen LogP contribution >= 0.6 is 11.3 Å². The van der Waals surface area contributed by atoms with Gasteiger partial charge in [0.1, 0.15) is 5.75 Å². The van der Waals surface area contributed by atoms with Gasteiger partial charge in [0.2, 0.25) is 5.91 Å². The summed E-state index contributed by atoms with van der Waals surface area (Å²) in [4.78, 5) is 16.0. The third-order valence-corrected chi connectivity index (χ3v) is 5.11. The maximum Gasteiger partial charge on any atom is 0.238 e. The molecule has 0 saturated heterocycles. The van der Waals surface area contributed by atoms with Crippen LogP contribution in [0, 0.1) is 6.92 Å². The summed E-state index contributed by atoms with van der Waals surface area (Å²) in [7, 11) is 1.67. The normalized spacial score (nSPS) is 10.8. The van der Waals surface area contributed by atoms with Crippen molar-refractivity contribution in [2.45, 2.75) is 20.0 Å². The smallest absolute Gasteiger partial charge is 0.238 e. The number of carbonyl (C=O) groups is 1. The molecule has 0 fully saturated rings. The van der Waals surface area contributed by atoms with Crippen LogP contribution in [0.1, 0.15) is 16.0 Å². The molecule has 0 aliphatic carbocycles. The molecule has 0 unspecified atom stereocenters. The molecular formula is C22H24N2O2S. The highest BCUT2D eigenvalue weighted by Crippen LogP contribution is 2.21. The van der Waals surface area contributed by atoms with Gasteiger partial charge < -0.3 is 10.1 Å². The SMILES string of the molecule is COc1ccccc1CN(CC(=O)Nc1ccc(C)cc1)Cc1cccs1. The maximum absolute atomic E-state index is 12.6. The highest BCUT2D eigenvalue weighted by molar-refractivity contribution is 7.09. The van der Waals surface area contributed by atoms with Gasteiger partial charge in [0.05, 0.1) is 13.7 Å². The lowest BCUT2D eigenvalue weighted by Gasteiger charge is -2.22. The van der Waals surface area contributed by atoms with Crippen LogP contribution in [0.15, 0.2) is 66.0 Å². The van der Waals surface area contributed by atoms with Crippen LogP contribution < -0.4 is 10.1 Å². The number of ether oxygens (including phenoxy) is 1. The van der Waals surface area contributed by atoms with Gasteiger partial charge in [-0.15, -0.1) is 11.3 Å². The van der Waals surface area contributed by atoms with Gasteiger partial charge in [0.15, 0.2) is 0 Å². The van der Waals surface area contributed by atoms with E-state index in [4.69, 9.17) is 4.74 Å². The van der Waals surface area contributed by atoms with Crippen molar-refractivity contribution in [3.63, 3.8) is 0 Å². The number of anilines is 1. The molecule has 0 radical (unpaired) electrons. The van der Waals surface area contributed by atoms with Crippen LogP contribution in [0.3, 0.4) is 0 Å². The molecule has 0 atom stereocenters. The highest BCUT2D eigenvalue weighted by Gasteiger charge is 2.15. The summed E-state index contributed by atoms with van der Waals surface area (Å²) in [6.45, 7) is 3.70. The number of rotatable bonds is 8. The van der Waals surface area contributed by atoms with E-state index >= 15 is 0 Å². The molecule has 5 heteroatoms. The monoisotopic (exact) mass is 380 g/mol. The summed E-state index contributed by atoms with van der Waals surface area (Å²) >= 11 is 1.70. The van der Waals surface area contributed by atoms with E-state index in [0.29, 0.717) is 13.1 Å². The Balaban J connectivity index is 1.71. The molecule has 0 bridgehead atoms. The van der Waals surface area contributed by atoms with E-state index in [1.165, 1.54) is 10.4 Å². The molecule has 0 spiro atoms. The average Bonchev–Trinajstić information content (AvgIpc) is 3.17. The van der Waals surface area contributed by atoms with E-state index in [1.54, 1.807) is 18.4 Å². The fraction of sp³-hybridized carbons (Fsp3) is 0.227. The third kappa shape index (κ3) is 5.67. The number of carbonyl (C=O) groups excluding carboxylic acids is 1. The summed E-state index contributed by atoms with van der Waals surface area (Å²) in [5.41, 5.74) is 3.06. The van der Waals surface area contributed by atoms with Crippen molar-refractivity contribution >= 4 is 22.9 Å². The lowest BCUT2D eigenvalue weighted by molar-refractivity contribution is -0.117. The van der Waals surface area contributed by atoms with E-state index in [1.807, 2.05) is 61.5 Å². The second-order valence-corrected chi connectivity index (χ2v) is 7.48. The molecule has 0 aliphatic heterocycles. The van der Waals surface area contributed by atoms with Crippen molar-refractivity contribution in [2.24, 2.45) is 0 Å². The fourth-order valence-corrected chi connectivity index (χ4v) is 3.65. The van der Waals surface area contributed by atoms with Crippen molar-refractivity contribution in [3.8, 4) is 5.75 Å². The molecule has 3 rings (SSSR count). The Labute approximate surface area is 164 Å². The van der Waals surface area contributed by atoms with E-state index in [-0.39, 0.29) is 5.91 Å². The minimum absolute atomic E-state index is 0.0229. The Morgan fingerprint density at radius 3 is 2.52 bits per heavy atom. The molecule has 2 aromatic carbocycles. The molecule has 0 aliphatic rings. The van der Waals surface area contributed by atoms with Gasteiger partial charge in [-0.05, 0) is 36.6 Å². The summed E-state index contributed by atoms with van der Waals surface area (Å²) in [5, 5.41) is 5.04. The van der Waals surface area contributed by atoms with Gasteiger partial charge in [0, 0.05) is 29.2 Å². The Morgan fingerprint density at radius 1 is 1.04 bits per heavy atom. The summed E-state index contributed by atoms with van der Waals surface area (Å²) in [5.74, 6) is 0.818. The van der Waals surface area contributed by atoms with Crippen molar-refractivity contribution in [1.29, 1.82) is 0 Å². The van der Waals surface area contributed by atoms with Gasteiger partial charge in [0.25, 0.3) is 0 Å².